The van der Waals surface area contributed by atoms with Crippen molar-refractivity contribution in [2.24, 2.45) is 4.99 Å². The first kappa shape index (κ1) is 13.1. The van der Waals surface area contributed by atoms with E-state index in [0.29, 0.717) is 0 Å². The topological polar surface area (TPSA) is 24.8 Å². The fourth-order valence-corrected chi connectivity index (χ4v) is 2.65. The SMILES string of the molecule is Cc1ccc(O[Si](C)C)c(N=CN2CCCC2)c1. The summed E-state index contributed by atoms with van der Waals surface area (Å²) in [5.74, 6) is 0.912. The van der Waals surface area contributed by atoms with Gasteiger partial charge in [-0.05, 0) is 50.6 Å². The molecule has 0 aromatic heterocycles. The van der Waals surface area contributed by atoms with Crippen LogP contribution in [0.4, 0.5) is 5.69 Å². The Morgan fingerprint density at radius 1 is 1.28 bits per heavy atom. The number of rotatable bonds is 4. The van der Waals surface area contributed by atoms with E-state index in [4.69, 9.17) is 4.43 Å². The zero-order valence-corrected chi connectivity index (χ0v) is 12.4. The monoisotopic (exact) mass is 261 g/mol. The van der Waals surface area contributed by atoms with Crippen LogP contribution < -0.4 is 4.43 Å². The van der Waals surface area contributed by atoms with E-state index in [1.54, 1.807) is 0 Å². The van der Waals surface area contributed by atoms with Crippen molar-refractivity contribution in [3.8, 4) is 5.75 Å². The van der Waals surface area contributed by atoms with Crippen molar-refractivity contribution < 1.29 is 4.43 Å². The highest BCUT2D eigenvalue weighted by molar-refractivity contribution is 6.49. The van der Waals surface area contributed by atoms with Crippen molar-refractivity contribution in [2.75, 3.05) is 13.1 Å². The van der Waals surface area contributed by atoms with Crippen molar-refractivity contribution >= 4 is 21.1 Å². The average molecular weight is 261 g/mol. The molecular weight excluding hydrogens is 240 g/mol. The summed E-state index contributed by atoms with van der Waals surface area (Å²) in [7, 11) is -0.746. The summed E-state index contributed by atoms with van der Waals surface area (Å²) in [6.07, 6.45) is 4.52. The quantitative estimate of drug-likeness (QED) is 0.471. The van der Waals surface area contributed by atoms with E-state index in [-0.39, 0.29) is 0 Å². The lowest BCUT2D eigenvalue weighted by Gasteiger charge is -2.13. The summed E-state index contributed by atoms with van der Waals surface area (Å²) in [6.45, 7) is 8.61. The van der Waals surface area contributed by atoms with Gasteiger partial charge in [-0.1, -0.05) is 6.07 Å². The van der Waals surface area contributed by atoms with Crippen LogP contribution in [0.25, 0.3) is 0 Å². The van der Waals surface area contributed by atoms with Crippen LogP contribution in [0.5, 0.6) is 5.75 Å². The van der Waals surface area contributed by atoms with Gasteiger partial charge in [0.25, 0.3) is 9.04 Å². The fourth-order valence-electron chi connectivity index (χ4n) is 2.04. The van der Waals surface area contributed by atoms with Crippen LogP contribution in [0.15, 0.2) is 23.2 Å². The molecule has 0 atom stereocenters. The molecule has 18 heavy (non-hydrogen) atoms. The molecular formula is C14H21N2OSi. The van der Waals surface area contributed by atoms with Gasteiger partial charge >= 0.3 is 0 Å². The summed E-state index contributed by atoms with van der Waals surface area (Å²) < 4.78 is 5.89. The van der Waals surface area contributed by atoms with Crippen LogP contribution in [0, 0.1) is 6.92 Å². The molecule has 1 aliphatic rings. The highest BCUT2D eigenvalue weighted by Crippen LogP contribution is 2.29. The average Bonchev–Trinajstić information content (AvgIpc) is 2.82. The number of nitrogens with zero attached hydrogens (tertiary/aromatic N) is 2. The Kier molecular flexibility index (Phi) is 4.41. The van der Waals surface area contributed by atoms with Crippen molar-refractivity contribution in [1.29, 1.82) is 0 Å². The van der Waals surface area contributed by atoms with Gasteiger partial charge in [0.05, 0.1) is 6.34 Å². The second kappa shape index (κ2) is 6.04. The second-order valence-electron chi connectivity index (χ2n) is 4.97. The first-order valence-corrected chi connectivity index (χ1v) is 8.93. The van der Waals surface area contributed by atoms with Gasteiger partial charge in [0.2, 0.25) is 0 Å². The predicted molar refractivity (Wildman–Crippen MR) is 78.2 cm³/mol. The third-order valence-electron chi connectivity index (χ3n) is 2.93. The van der Waals surface area contributed by atoms with Crippen molar-refractivity contribution in [3.05, 3.63) is 23.8 Å². The van der Waals surface area contributed by atoms with Crippen molar-refractivity contribution in [2.45, 2.75) is 32.9 Å². The number of aliphatic imine (C=N–C) groups is 1. The molecule has 1 aromatic carbocycles. The zero-order chi connectivity index (χ0) is 13.0. The summed E-state index contributed by atoms with van der Waals surface area (Å²) in [5, 5.41) is 0. The highest BCUT2D eigenvalue weighted by atomic mass is 28.3. The van der Waals surface area contributed by atoms with Crippen LogP contribution in [0.2, 0.25) is 13.1 Å². The molecule has 0 bridgehead atoms. The molecule has 0 spiro atoms. The van der Waals surface area contributed by atoms with E-state index in [1.165, 1.54) is 18.4 Å². The molecule has 0 amide bonds. The molecule has 1 radical (unpaired) electrons. The summed E-state index contributed by atoms with van der Waals surface area (Å²) in [5.41, 5.74) is 2.17. The van der Waals surface area contributed by atoms with Gasteiger partial charge in [0.15, 0.2) is 0 Å². The number of hydrogen-bond acceptors (Lipinski definition) is 2. The Balaban J connectivity index is 2.15. The first-order valence-electron chi connectivity index (χ1n) is 6.52. The Morgan fingerprint density at radius 3 is 2.67 bits per heavy atom. The first-order chi connectivity index (χ1) is 8.65. The molecule has 1 aromatic rings. The van der Waals surface area contributed by atoms with Gasteiger partial charge in [-0.2, -0.15) is 0 Å². The Bertz CT molecular complexity index is 426. The lowest BCUT2D eigenvalue weighted by Crippen LogP contribution is -2.16. The number of aryl methyl sites for hydroxylation is 1. The normalized spacial score (nSPS) is 15.9. The van der Waals surface area contributed by atoms with Crippen LogP contribution in [-0.4, -0.2) is 33.4 Å². The third kappa shape index (κ3) is 3.60. The number of benzene rings is 1. The largest absolute Gasteiger partial charge is 0.541 e. The highest BCUT2D eigenvalue weighted by Gasteiger charge is 2.09. The molecule has 1 aliphatic heterocycles. The fraction of sp³-hybridized carbons (Fsp3) is 0.500. The minimum atomic E-state index is -0.746. The zero-order valence-electron chi connectivity index (χ0n) is 11.4. The van der Waals surface area contributed by atoms with E-state index in [1.807, 2.05) is 12.4 Å². The van der Waals surface area contributed by atoms with Gasteiger partial charge in [0, 0.05) is 13.1 Å². The molecule has 0 saturated carbocycles. The number of likely N-dealkylation sites (tertiary alicyclic amines) is 1. The van der Waals surface area contributed by atoms with Gasteiger partial charge in [-0.25, -0.2) is 4.99 Å². The molecule has 1 saturated heterocycles. The molecule has 2 rings (SSSR count). The maximum absolute atomic E-state index is 5.89. The van der Waals surface area contributed by atoms with E-state index < -0.39 is 9.04 Å². The lowest BCUT2D eigenvalue weighted by molar-refractivity contribution is 0.535. The van der Waals surface area contributed by atoms with E-state index in [9.17, 15) is 0 Å². The van der Waals surface area contributed by atoms with Gasteiger partial charge in [-0.15, -0.1) is 0 Å². The van der Waals surface area contributed by atoms with Gasteiger partial charge < -0.3 is 9.33 Å². The number of hydrogen-bond donors (Lipinski definition) is 0. The van der Waals surface area contributed by atoms with Crippen LogP contribution >= 0.6 is 0 Å². The smallest absolute Gasteiger partial charge is 0.274 e. The molecule has 0 unspecified atom stereocenters. The summed E-state index contributed by atoms with van der Waals surface area (Å²) in [6, 6.07) is 6.20. The Hall–Kier alpha value is -1.29. The Morgan fingerprint density at radius 2 is 2.00 bits per heavy atom. The lowest BCUT2D eigenvalue weighted by atomic mass is 10.2. The molecule has 0 aliphatic carbocycles. The van der Waals surface area contributed by atoms with Crippen molar-refractivity contribution in [1.82, 2.24) is 4.90 Å². The van der Waals surface area contributed by atoms with E-state index in [0.717, 1.165) is 24.5 Å². The van der Waals surface area contributed by atoms with Crippen LogP contribution in [0.1, 0.15) is 18.4 Å². The maximum atomic E-state index is 5.89. The van der Waals surface area contributed by atoms with Crippen LogP contribution in [0.3, 0.4) is 0 Å². The minimum Gasteiger partial charge on any atom is -0.541 e. The molecule has 0 N–H and O–H groups in total. The van der Waals surface area contributed by atoms with E-state index >= 15 is 0 Å². The molecule has 4 heteroatoms. The minimum absolute atomic E-state index is 0.746. The molecule has 3 nitrogen and oxygen atoms in total. The van der Waals surface area contributed by atoms with Crippen molar-refractivity contribution in [3.63, 3.8) is 0 Å². The predicted octanol–water partition coefficient (Wildman–Crippen LogP) is 3.38. The van der Waals surface area contributed by atoms with Gasteiger partial charge in [0.1, 0.15) is 11.4 Å². The van der Waals surface area contributed by atoms with Gasteiger partial charge in [-0.3, -0.25) is 0 Å². The Labute approximate surface area is 111 Å². The summed E-state index contributed by atoms with van der Waals surface area (Å²) in [4.78, 5) is 6.87. The summed E-state index contributed by atoms with van der Waals surface area (Å²) >= 11 is 0. The second-order valence-corrected chi connectivity index (χ2v) is 6.99. The molecule has 1 fully saturated rings. The maximum Gasteiger partial charge on any atom is 0.274 e. The standard InChI is InChI=1S/C14H21N2OSi/c1-12-6-7-14(17-18(2)3)13(10-12)15-11-16-8-4-5-9-16/h6-7,10-11H,4-5,8-9H2,1-3H3. The van der Waals surface area contributed by atoms with Crippen LogP contribution in [-0.2, 0) is 0 Å². The molecule has 97 valence electrons. The van der Waals surface area contributed by atoms with E-state index in [2.05, 4.69) is 42.0 Å². The molecule has 1 heterocycles. The third-order valence-corrected chi connectivity index (χ3v) is 3.56.